The zero-order valence-corrected chi connectivity index (χ0v) is 21.6. The molecule has 0 aromatic rings. The number of hydrogen-bond acceptors (Lipinski definition) is 1. The molecule has 0 spiro atoms. The molecule has 0 bridgehead atoms. The number of rotatable bonds is 7. The normalized spacial score (nSPS) is 42.2. The first kappa shape index (κ1) is 24.9. The van der Waals surface area contributed by atoms with E-state index in [2.05, 4.69) is 39.2 Å². The molecule has 8 unspecified atom stereocenters. The third kappa shape index (κ3) is 4.67. The Morgan fingerprint density at radius 2 is 1.71 bits per heavy atom. The van der Waals surface area contributed by atoms with Crippen LogP contribution in [0, 0.1) is 46.3 Å². The maximum absolute atomic E-state index is 4.23. The lowest BCUT2D eigenvalue weighted by molar-refractivity contribution is -0.114. The molecule has 31 heavy (non-hydrogen) atoms. The van der Waals surface area contributed by atoms with Crippen LogP contribution in [0.1, 0.15) is 112 Å². The van der Waals surface area contributed by atoms with Crippen LogP contribution < -0.4 is 5.32 Å². The highest BCUT2D eigenvalue weighted by Crippen LogP contribution is 2.68. The third-order valence-corrected chi connectivity index (χ3v) is 10.7. The third-order valence-electron chi connectivity index (χ3n) is 10.7. The summed E-state index contributed by atoms with van der Waals surface area (Å²) in [6.45, 7) is 20.9. The lowest BCUT2D eigenvalue weighted by atomic mass is 9.44. The lowest BCUT2D eigenvalue weighted by Gasteiger charge is -2.61. The van der Waals surface area contributed by atoms with E-state index in [1.807, 2.05) is 19.9 Å². The smallest absolute Gasteiger partial charge is 0.0325 e. The molecular formula is C30H53N. The van der Waals surface area contributed by atoms with E-state index >= 15 is 0 Å². The Balaban J connectivity index is 0.00000132. The SMILES string of the molecule is C=CCNC(=C)CCC(C)C1CCC2C3CCC4CCCCC4(C)C3CCC12C.CC. The van der Waals surface area contributed by atoms with Gasteiger partial charge in [0.25, 0.3) is 0 Å². The minimum absolute atomic E-state index is 0.605. The van der Waals surface area contributed by atoms with Crippen molar-refractivity contribution in [3.8, 4) is 0 Å². The fraction of sp³-hybridized carbons (Fsp3) is 0.867. The Morgan fingerprint density at radius 1 is 0.968 bits per heavy atom. The quantitative estimate of drug-likeness (QED) is 0.400. The molecule has 0 amide bonds. The summed E-state index contributed by atoms with van der Waals surface area (Å²) in [6, 6.07) is 0. The molecule has 4 aliphatic rings. The zero-order valence-electron chi connectivity index (χ0n) is 21.6. The molecule has 4 aliphatic carbocycles. The maximum Gasteiger partial charge on any atom is 0.0325 e. The maximum atomic E-state index is 4.23. The molecule has 0 saturated heterocycles. The van der Waals surface area contributed by atoms with E-state index in [-0.39, 0.29) is 0 Å². The summed E-state index contributed by atoms with van der Waals surface area (Å²) in [4.78, 5) is 0. The monoisotopic (exact) mass is 427 g/mol. The minimum Gasteiger partial charge on any atom is -0.385 e. The van der Waals surface area contributed by atoms with Gasteiger partial charge in [-0.15, -0.1) is 6.58 Å². The highest BCUT2D eigenvalue weighted by molar-refractivity contribution is 5.09. The van der Waals surface area contributed by atoms with Gasteiger partial charge in [-0.25, -0.2) is 0 Å². The van der Waals surface area contributed by atoms with Gasteiger partial charge in [0, 0.05) is 12.2 Å². The van der Waals surface area contributed by atoms with Crippen molar-refractivity contribution in [2.75, 3.05) is 6.54 Å². The Kier molecular flexibility index (Phi) is 8.42. The van der Waals surface area contributed by atoms with Crippen LogP contribution in [0.3, 0.4) is 0 Å². The summed E-state index contributed by atoms with van der Waals surface area (Å²) < 4.78 is 0. The second kappa shape index (κ2) is 10.5. The number of nitrogens with one attached hydrogen (secondary N) is 1. The van der Waals surface area contributed by atoms with Crippen molar-refractivity contribution >= 4 is 0 Å². The first-order valence-electron chi connectivity index (χ1n) is 13.9. The lowest BCUT2D eigenvalue weighted by Crippen LogP contribution is -2.53. The van der Waals surface area contributed by atoms with Crippen LogP contribution in [0.5, 0.6) is 0 Å². The molecule has 1 heteroatoms. The van der Waals surface area contributed by atoms with Crippen LogP contribution in [0.25, 0.3) is 0 Å². The molecule has 178 valence electrons. The largest absolute Gasteiger partial charge is 0.385 e. The molecule has 1 nitrogen and oxygen atoms in total. The van der Waals surface area contributed by atoms with Gasteiger partial charge in [0.05, 0.1) is 0 Å². The molecule has 0 aromatic carbocycles. The van der Waals surface area contributed by atoms with E-state index in [0.717, 1.165) is 48.5 Å². The Hall–Kier alpha value is -0.720. The summed E-state index contributed by atoms with van der Waals surface area (Å²) in [5, 5.41) is 3.40. The van der Waals surface area contributed by atoms with E-state index in [4.69, 9.17) is 0 Å². The standard InChI is InChI=1S/C28H47N.C2H6/c1-6-19-29-21(3)11-10-20(2)24-14-15-25-23-13-12-22-9-7-8-17-27(22,4)26(23)16-18-28(24,25)5;1-2/h6,20,22-26,29H,1,3,7-19H2,2,4-5H3;1-2H3. The fourth-order valence-corrected chi connectivity index (χ4v) is 9.18. The Labute approximate surface area is 194 Å². The summed E-state index contributed by atoms with van der Waals surface area (Å²) in [5.41, 5.74) is 2.48. The number of fused-ring (bicyclic) bond motifs is 5. The van der Waals surface area contributed by atoms with E-state index in [0.29, 0.717) is 10.8 Å². The van der Waals surface area contributed by atoms with Crippen molar-refractivity contribution in [2.24, 2.45) is 46.3 Å². The molecule has 4 rings (SSSR count). The van der Waals surface area contributed by atoms with E-state index in [1.54, 1.807) is 12.8 Å². The van der Waals surface area contributed by atoms with Crippen LogP contribution in [0.4, 0.5) is 0 Å². The predicted octanol–water partition coefficient (Wildman–Crippen LogP) is 8.77. The van der Waals surface area contributed by atoms with Gasteiger partial charge in [-0.2, -0.15) is 0 Å². The van der Waals surface area contributed by atoms with Crippen molar-refractivity contribution in [1.29, 1.82) is 0 Å². The highest BCUT2D eigenvalue weighted by atomic mass is 14.9. The van der Waals surface area contributed by atoms with Gasteiger partial charge in [-0.1, -0.05) is 60.1 Å². The van der Waals surface area contributed by atoms with Crippen molar-refractivity contribution in [2.45, 2.75) is 112 Å². The van der Waals surface area contributed by atoms with E-state index in [1.165, 1.54) is 63.5 Å². The number of allylic oxidation sites excluding steroid dienone is 1. The van der Waals surface area contributed by atoms with Crippen molar-refractivity contribution in [3.05, 3.63) is 24.9 Å². The van der Waals surface area contributed by atoms with Crippen molar-refractivity contribution in [3.63, 3.8) is 0 Å². The molecule has 0 heterocycles. The van der Waals surface area contributed by atoms with Crippen LogP contribution in [0.15, 0.2) is 24.9 Å². The average molecular weight is 428 g/mol. The molecule has 0 radical (unpaired) electrons. The van der Waals surface area contributed by atoms with Gasteiger partial charge < -0.3 is 5.32 Å². The van der Waals surface area contributed by atoms with Crippen LogP contribution in [-0.2, 0) is 0 Å². The first-order valence-corrected chi connectivity index (χ1v) is 13.9. The van der Waals surface area contributed by atoms with Crippen molar-refractivity contribution in [1.82, 2.24) is 5.32 Å². The summed E-state index contributed by atoms with van der Waals surface area (Å²) >= 11 is 0. The highest BCUT2D eigenvalue weighted by Gasteiger charge is 2.59. The molecule has 4 saturated carbocycles. The van der Waals surface area contributed by atoms with Gasteiger partial charge >= 0.3 is 0 Å². The average Bonchev–Trinajstić information content (AvgIpc) is 3.14. The molecule has 4 fully saturated rings. The number of hydrogen-bond donors (Lipinski definition) is 1. The van der Waals surface area contributed by atoms with Gasteiger partial charge in [0.15, 0.2) is 0 Å². The molecule has 1 N–H and O–H groups in total. The molecule has 0 aromatic heterocycles. The van der Waals surface area contributed by atoms with Crippen LogP contribution in [-0.4, -0.2) is 6.54 Å². The van der Waals surface area contributed by atoms with Crippen molar-refractivity contribution < 1.29 is 0 Å². The van der Waals surface area contributed by atoms with Crippen LogP contribution in [0.2, 0.25) is 0 Å². The molecular weight excluding hydrogens is 374 g/mol. The van der Waals surface area contributed by atoms with Crippen LogP contribution >= 0.6 is 0 Å². The van der Waals surface area contributed by atoms with Gasteiger partial charge in [0.2, 0.25) is 0 Å². The van der Waals surface area contributed by atoms with Gasteiger partial charge in [0.1, 0.15) is 0 Å². The summed E-state index contributed by atoms with van der Waals surface area (Å²) in [7, 11) is 0. The molecule has 0 aliphatic heterocycles. The van der Waals surface area contributed by atoms with E-state index < -0.39 is 0 Å². The fourth-order valence-electron chi connectivity index (χ4n) is 9.18. The summed E-state index contributed by atoms with van der Waals surface area (Å²) in [5.74, 6) is 5.89. The predicted molar refractivity (Wildman–Crippen MR) is 137 cm³/mol. The Morgan fingerprint density at radius 3 is 2.45 bits per heavy atom. The zero-order chi connectivity index (χ0) is 22.6. The minimum atomic E-state index is 0.605. The first-order chi connectivity index (χ1) is 14.9. The second-order valence-corrected chi connectivity index (χ2v) is 11.9. The van der Waals surface area contributed by atoms with Gasteiger partial charge in [-0.3, -0.25) is 0 Å². The van der Waals surface area contributed by atoms with Gasteiger partial charge in [-0.05, 0) is 111 Å². The van der Waals surface area contributed by atoms with E-state index in [9.17, 15) is 0 Å². The Bertz CT molecular complexity index is 608. The molecule has 8 atom stereocenters. The summed E-state index contributed by atoms with van der Waals surface area (Å²) in [6.07, 6.45) is 19.5. The topological polar surface area (TPSA) is 12.0 Å². The second-order valence-electron chi connectivity index (χ2n) is 11.9.